The van der Waals surface area contributed by atoms with Gasteiger partial charge in [0.25, 0.3) is 10.0 Å². The predicted octanol–water partition coefficient (Wildman–Crippen LogP) is 2.56. The van der Waals surface area contributed by atoms with Gasteiger partial charge in [-0.05, 0) is 38.1 Å². The summed E-state index contributed by atoms with van der Waals surface area (Å²) in [5.74, 6) is 2.53. The zero-order valence-electron chi connectivity index (χ0n) is 16.6. The Hall–Kier alpha value is -3.73. The summed E-state index contributed by atoms with van der Waals surface area (Å²) in [7, 11) is -2.01. The smallest absolute Gasteiger partial charge is 0.280 e. The molecule has 0 radical (unpaired) electrons. The van der Waals surface area contributed by atoms with Gasteiger partial charge in [0.15, 0.2) is 5.03 Å². The summed E-state index contributed by atoms with van der Waals surface area (Å²) in [6, 6.07) is 8.65. The Bertz CT molecular complexity index is 1260. The molecule has 3 heterocycles. The Morgan fingerprint density at radius 3 is 2.37 bits per heavy atom. The van der Waals surface area contributed by atoms with Crippen molar-refractivity contribution in [2.45, 2.75) is 18.9 Å². The van der Waals surface area contributed by atoms with Crippen LogP contribution >= 0.6 is 0 Å². The van der Waals surface area contributed by atoms with Crippen molar-refractivity contribution in [1.29, 1.82) is 0 Å². The highest BCUT2D eigenvalue weighted by molar-refractivity contribution is 7.92. The number of aryl methyl sites for hydroxylation is 3. The highest BCUT2D eigenvalue weighted by Crippen LogP contribution is 2.21. The first-order chi connectivity index (χ1) is 14.3. The normalized spacial score (nSPS) is 11.4. The molecular formula is C19H20N8O2S. The number of anilines is 3. The Morgan fingerprint density at radius 1 is 1.00 bits per heavy atom. The molecule has 0 amide bonds. The average Bonchev–Trinajstić information content (AvgIpc) is 3.34. The third-order valence-electron chi connectivity index (χ3n) is 4.36. The molecule has 11 heteroatoms. The fourth-order valence-corrected chi connectivity index (χ4v) is 3.88. The average molecular weight is 424 g/mol. The zero-order valence-corrected chi connectivity index (χ0v) is 17.4. The molecule has 10 nitrogen and oxygen atoms in total. The molecule has 0 bridgehead atoms. The second-order valence-electron chi connectivity index (χ2n) is 6.67. The number of hydrogen-bond donors (Lipinski definition) is 2. The van der Waals surface area contributed by atoms with Gasteiger partial charge in [-0.3, -0.25) is 9.29 Å². The standard InChI is InChI=1S/C19H20N8O2S/c1-13-21-17(10-18(22-13)27-9-8-20-12-27)24-15-4-6-16(7-5-15)25-30(28,29)19-11-26(3)14(2)23-19/h4-12,25H,1-3H3,(H,21,22,24). The number of nitrogens with one attached hydrogen (secondary N) is 2. The minimum Gasteiger partial charge on any atom is -0.340 e. The second kappa shape index (κ2) is 7.59. The minimum absolute atomic E-state index is 0.0202. The van der Waals surface area contributed by atoms with Crippen LogP contribution in [0.2, 0.25) is 0 Å². The summed E-state index contributed by atoms with van der Waals surface area (Å²) < 4.78 is 31.0. The van der Waals surface area contributed by atoms with Crippen molar-refractivity contribution in [1.82, 2.24) is 29.1 Å². The van der Waals surface area contributed by atoms with Crippen LogP contribution in [0, 0.1) is 13.8 Å². The molecule has 0 saturated carbocycles. The van der Waals surface area contributed by atoms with E-state index in [1.54, 1.807) is 72.2 Å². The summed E-state index contributed by atoms with van der Waals surface area (Å²) in [6.45, 7) is 3.55. The molecule has 0 atom stereocenters. The number of rotatable bonds is 6. The fraction of sp³-hybridized carbons (Fsp3) is 0.158. The van der Waals surface area contributed by atoms with Crippen LogP contribution in [0.3, 0.4) is 0 Å². The highest BCUT2D eigenvalue weighted by Gasteiger charge is 2.18. The quantitative estimate of drug-likeness (QED) is 0.488. The first-order valence-electron chi connectivity index (χ1n) is 9.04. The molecule has 0 unspecified atom stereocenters. The van der Waals surface area contributed by atoms with E-state index in [-0.39, 0.29) is 5.03 Å². The van der Waals surface area contributed by atoms with Gasteiger partial charge in [-0.15, -0.1) is 0 Å². The molecule has 0 spiro atoms. The van der Waals surface area contributed by atoms with E-state index in [1.165, 1.54) is 6.20 Å². The molecule has 4 rings (SSSR count). The van der Waals surface area contributed by atoms with Crippen LogP contribution < -0.4 is 10.0 Å². The zero-order chi connectivity index (χ0) is 21.3. The maximum atomic E-state index is 12.5. The van der Waals surface area contributed by atoms with E-state index in [0.717, 1.165) is 5.69 Å². The first-order valence-corrected chi connectivity index (χ1v) is 10.5. The van der Waals surface area contributed by atoms with Gasteiger partial charge < -0.3 is 9.88 Å². The summed E-state index contributed by atoms with van der Waals surface area (Å²) in [4.78, 5) is 16.9. The second-order valence-corrected chi connectivity index (χ2v) is 8.30. The van der Waals surface area contributed by atoms with Crippen LogP contribution in [0.5, 0.6) is 0 Å². The number of hydrogen-bond acceptors (Lipinski definition) is 7. The largest absolute Gasteiger partial charge is 0.340 e. The van der Waals surface area contributed by atoms with Gasteiger partial charge in [0, 0.05) is 43.1 Å². The van der Waals surface area contributed by atoms with E-state index < -0.39 is 10.0 Å². The lowest BCUT2D eigenvalue weighted by Gasteiger charge is -2.10. The van der Waals surface area contributed by atoms with E-state index in [9.17, 15) is 8.42 Å². The van der Waals surface area contributed by atoms with Crippen LogP contribution in [0.15, 0.2) is 60.3 Å². The van der Waals surface area contributed by atoms with Crippen LogP contribution in [-0.2, 0) is 17.1 Å². The van der Waals surface area contributed by atoms with Crippen molar-refractivity contribution in [2.75, 3.05) is 10.0 Å². The van der Waals surface area contributed by atoms with Gasteiger partial charge in [0.2, 0.25) is 0 Å². The van der Waals surface area contributed by atoms with Crippen molar-refractivity contribution in [3.8, 4) is 5.82 Å². The molecule has 154 valence electrons. The van der Waals surface area contributed by atoms with Gasteiger partial charge in [-0.2, -0.15) is 8.42 Å². The predicted molar refractivity (Wildman–Crippen MR) is 112 cm³/mol. The molecule has 1 aromatic carbocycles. The van der Waals surface area contributed by atoms with Crippen LogP contribution in [-0.4, -0.2) is 37.5 Å². The van der Waals surface area contributed by atoms with Crippen LogP contribution in [0.25, 0.3) is 5.82 Å². The summed E-state index contributed by atoms with van der Waals surface area (Å²) >= 11 is 0. The molecular weight excluding hydrogens is 404 g/mol. The lowest BCUT2D eigenvalue weighted by atomic mass is 10.3. The third kappa shape index (κ3) is 4.15. The Kier molecular flexibility index (Phi) is 4.96. The fourth-order valence-electron chi connectivity index (χ4n) is 2.78. The molecule has 4 aromatic rings. The highest BCUT2D eigenvalue weighted by atomic mass is 32.2. The maximum Gasteiger partial charge on any atom is 0.280 e. The number of imidazole rings is 2. The number of sulfonamides is 1. The van der Waals surface area contributed by atoms with Gasteiger partial charge in [0.1, 0.15) is 29.6 Å². The first kappa shape index (κ1) is 19.6. The molecule has 2 N–H and O–H groups in total. The van der Waals surface area contributed by atoms with Crippen molar-refractivity contribution < 1.29 is 8.42 Å². The van der Waals surface area contributed by atoms with Crippen molar-refractivity contribution in [2.24, 2.45) is 7.05 Å². The van der Waals surface area contributed by atoms with Gasteiger partial charge in [-0.1, -0.05) is 0 Å². The summed E-state index contributed by atoms with van der Waals surface area (Å²) in [5, 5.41) is 3.18. The minimum atomic E-state index is -3.75. The van der Waals surface area contributed by atoms with Crippen molar-refractivity contribution in [3.63, 3.8) is 0 Å². The van der Waals surface area contributed by atoms with Crippen LogP contribution in [0.1, 0.15) is 11.6 Å². The molecule has 3 aromatic heterocycles. The molecule has 30 heavy (non-hydrogen) atoms. The van der Waals surface area contributed by atoms with Gasteiger partial charge in [-0.25, -0.2) is 19.9 Å². The van der Waals surface area contributed by atoms with Crippen molar-refractivity contribution >= 4 is 27.2 Å². The van der Waals surface area contributed by atoms with Crippen LogP contribution in [0.4, 0.5) is 17.2 Å². The summed E-state index contributed by atoms with van der Waals surface area (Å²) in [5.41, 5.74) is 1.18. The molecule has 0 aliphatic carbocycles. The monoisotopic (exact) mass is 424 g/mol. The Labute approximate surface area is 173 Å². The van der Waals surface area contributed by atoms with E-state index in [4.69, 9.17) is 0 Å². The van der Waals surface area contributed by atoms with E-state index in [0.29, 0.717) is 29.0 Å². The molecule has 0 aliphatic heterocycles. The van der Waals surface area contributed by atoms with Crippen molar-refractivity contribution in [3.05, 3.63) is 66.9 Å². The van der Waals surface area contributed by atoms with Gasteiger partial charge in [0.05, 0.1) is 0 Å². The van der Waals surface area contributed by atoms with E-state index in [1.807, 2.05) is 6.92 Å². The SMILES string of the molecule is Cc1nc(Nc2ccc(NS(=O)(=O)c3cn(C)c(C)n3)cc2)cc(-n2ccnc2)n1. The third-order valence-corrected chi connectivity index (χ3v) is 5.62. The number of nitrogens with zero attached hydrogens (tertiary/aromatic N) is 6. The Morgan fingerprint density at radius 2 is 1.73 bits per heavy atom. The Balaban J connectivity index is 1.50. The molecule has 0 saturated heterocycles. The summed E-state index contributed by atoms with van der Waals surface area (Å²) in [6.07, 6.45) is 6.62. The maximum absolute atomic E-state index is 12.5. The van der Waals surface area contributed by atoms with E-state index >= 15 is 0 Å². The van der Waals surface area contributed by atoms with E-state index in [2.05, 4.69) is 30.0 Å². The lowest BCUT2D eigenvalue weighted by molar-refractivity contribution is 0.598. The molecule has 0 aliphatic rings. The molecule has 0 fully saturated rings. The number of aromatic nitrogens is 6. The topological polar surface area (TPSA) is 120 Å². The van der Waals surface area contributed by atoms with Gasteiger partial charge >= 0.3 is 0 Å². The lowest BCUT2D eigenvalue weighted by Crippen LogP contribution is -2.13. The number of benzene rings is 1.